The van der Waals surface area contributed by atoms with Crippen molar-refractivity contribution in [3.63, 3.8) is 0 Å². The molecule has 5 rings (SSSR count). The number of aliphatic hydroxyl groups is 1. The third-order valence-electron chi connectivity index (χ3n) is 7.12. The number of rotatable bonds is 9. The van der Waals surface area contributed by atoms with Crippen molar-refractivity contribution in [2.45, 2.75) is 31.4 Å². The number of pyridine rings is 2. The van der Waals surface area contributed by atoms with Crippen LogP contribution in [0.1, 0.15) is 39.9 Å². The lowest BCUT2D eigenvalue weighted by atomic mass is 9.84. The molecule has 1 saturated heterocycles. The van der Waals surface area contributed by atoms with E-state index in [4.69, 9.17) is 4.98 Å². The molecular weight excluding hydrogens is 493 g/mol. The van der Waals surface area contributed by atoms with Crippen molar-refractivity contribution < 1.29 is 14.3 Å². The molecule has 0 radical (unpaired) electrons. The highest BCUT2D eigenvalue weighted by molar-refractivity contribution is 5.99. The summed E-state index contributed by atoms with van der Waals surface area (Å²) < 4.78 is 13.6. The molecule has 1 aliphatic rings. The highest BCUT2D eigenvalue weighted by Gasteiger charge is 2.34. The molecule has 2 aromatic carbocycles. The Hall–Kier alpha value is -4.30. The van der Waals surface area contributed by atoms with Crippen LogP contribution in [0.2, 0.25) is 0 Å². The molecule has 1 aliphatic heterocycles. The number of nitrogens with zero attached hydrogens (tertiary/aromatic N) is 3. The van der Waals surface area contributed by atoms with Gasteiger partial charge in [-0.3, -0.25) is 9.78 Å². The average Bonchev–Trinajstić information content (AvgIpc) is 2.97. The number of carbonyl (C=O) groups is 1. The fraction of sp³-hybridized carbons (Fsp3) is 0.258. The Kier molecular flexibility index (Phi) is 8.13. The topological polar surface area (TPSA) is 90.4 Å². The second-order valence-electron chi connectivity index (χ2n) is 9.80. The van der Waals surface area contributed by atoms with E-state index >= 15 is 0 Å². The average molecular weight is 526 g/mol. The van der Waals surface area contributed by atoms with Gasteiger partial charge in [0.25, 0.3) is 5.91 Å². The second-order valence-corrected chi connectivity index (χ2v) is 9.80. The monoisotopic (exact) mass is 525 g/mol. The van der Waals surface area contributed by atoms with Gasteiger partial charge in [0.05, 0.1) is 11.2 Å². The van der Waals surface area contributed by atoms with E-state index in [0.29, 0.717) is 56.8 Å². The predicted molar refractivity (Wildman–Crippen MR) is 150 cm³/mol. The van der Waals surface area contributed by atoms with E-state index in [2.05, 4.69) is 20.5 Å². The van der Waals surface area contributed by atoms with Gasteiger partial charge >= 0.3 is 0 Å². The van der Waals surface area contributed by atoms with Gasteiger partial charge in [0.1, 0.15) is 17.5 Å². The minimum atomic E-state index is -0.865. The van der Waals surface area contributed by atoms with Gasteiger partial charge in [-0.2, -0.15) is 0 Å². The minimum absolute atomic E-state index is 0.247. The molecule has 1 amide bonds. The Bertz CT molecular complexity index is 1390. The lowest BCUT2D eigenvalue weighted by Gasteiger charge is -2.39. The molecule has 200 valence electrons. The molecule has 0 saturated carbocycles. The molecule has 39 heavy (non-hydrogen) atoms. The molecule has 1 fully saturated rings. The Morgan fingerprint density at radius 1 is 0.974 bits per heavy atom. The van der Waals surface area contributed by atoms with E-state index in [0.717, 1.165) is 22.5 Å². The molecule has 7 nitrogen and oxygen atoms in total. The Balaban J connectivity index is 1.31. The Morgan fingerprint density at radius 3 is 2.51 bits per heavy atom. The van der Waals surface area contributed by atoms with Gasteiger partial charge in [-0.15, -0.1) is 0 Å². The van der Waals surface area contributed by atoms with Crippen LogP contribution in [0.3, 0.4) is 0 Å². The molecule has 0 spiro atoms. The number of benzene rings is 2. The fourth-order valence-corrected chi connectivity index (χ4v) is 4.88. The van der Waals surface area contributed by atoms with Gasteiger partial charge in [0.15, 0.2) is 0 Å². The molecule has 0 aliphatic carbocycles. The van der Waals surface area contributed by atoms with Crippen LogP contribution in [0.5, 0.6) is 0 Å². The molecule has 0 unspecified atom stereocenters. The molecular formula is C31H32FN5O2. The molecule has 3 heterocycles. The summed E-state index contributed by atoms with van der Waals surface area (Å²) in [6.45, 7) is 2.10. The number of amides is 1. The predicted octanol–water partition coefficient (Wildman–Crippen LogP) is 4.69. The molecule has 0 atom stereocenters. The quantitative estimate of drug-likeness (QED) is 0.294. The van der Waals surface area contributed by atoms with Gasteiger partial charge in [0.2, 0.25) is 0 Å². The molecule has 8 heteroatoms. The lowest BCUT2D eigenvalue weighted by Crippen LogP contribution is -2.43. The maximum atomic E-state index is 13.6. The number of carbonyl (C=O) groups excluding carboxylic acids is 1. The highest BCUT2D eigenvalue weighted by atomic mass is 19.1. The summed E-state index contributed by atoms with van der Waals surface area (Å²) in [4.78, 5) is 24.2. The zero-order valence-corrected chi connectivity index (χ0v) is 21.7. The van der Waals surface area contributed by atoms with Crippen molar-refractivity contribution in [1.29, 1.82) is 0 Å². The third kappa shape index (κ3) is 6.59. The first-order valence-corrected chi connectivity index (χ1v) is 13.2. The van der Waals surface area contributed by atoms with Gasteiger partial charge in [-0.05, 0) is 66.3 Å². The second kappa shape index (κ2) is 12.0. The number of piperidine rings is 1. The van der Waals surface area contributed by atoms with Crippen LogP contribution in [-0.4, -0.2) is 40.6 Å². The zero-order chi connectivity index (χ0) is 27.1. The summed E-state index contributed by atoms with van der Waals surface area (Å²) in [6.07, 6.45) is 5.14. The SMILES string of the molecule is O=C(NCc1cccnc1)c1ccc(N2CCC(O)(c3ccccc3)CC2)nc1NCCc1cccc(F)c1. The summed E-state index contributed by atoms with van der Waals surface area (Å²) in [6, 6.07) is 23.6. The fourth-order valence-electron chi connectivity index (χ4n) is 4.88. The minimum Gasteiger partial charge on any atom is -0.385 e. The number of hydrogen-bond acceptors (Lipinski definition) is 6. The van der Waals surface area contributed by atoms with Crippen LogP contribution in [0.4, 0.5) is 16.0 Å². The van der Waals surface area contributed by atoms with Crippen molar-refractivity contribution in [1.82, 2.24) is 15.3 Å². The molecule has 2 aromatic heterocycles. The Morgan fingerprint density at radius 2 is 1.77 bits per heavy atom. The number of nitrogens with one attached hydrogen (secondary N) is 2. The van der Waals surface area contributed by atoms with E-state index in [1.54, 1.807) is 24.5 Å². The van der Waals surface area contributed by atoms with Crippen LogP contribution in [0.15, 0.2) is 91.3 Å². The maximum absolute atomic E-state index is 13.6. The van der Waals surface area contributed by atoms with Gasteiger partial charge in [-0.1, -0.05) is 48.5 Å². The van der Waals surface area contributed by atoms with E-state index in [9.17, 15) is 14.3 Å². The molecule has 0 bridgehead atoms. The van der Waals surface area contributed by atoms with Crippen LogP contribution in [0.25, 0.3) is 0 Å². The molecule has 3 N–H and O–H groups in total. The zero-order valence-electron chi connectivity index (χ0n) is 21.7. The van der Waals surface area contributed by atoms with Crippen LogP contribution in [0, 0.1) is 5.82 Å². The first kappa shape index (κ1) is 26.3. The van der Waals surface area contributed by atoms with Crippen molar-refractivity contribution in [3.8, 4) is 0 Å². The number of anilines is 2. The van der Waals surface area contributed by atoms with Crippen LogP contribution >= 0.6 is 0 Å². The summed E-state index contributed by atoms with van der Waals surface area (Å²) in [5.41, 5.74) is 2.25. The summed E-state index contributed by atoms with van der Waals surface area (Å²) in [5.74, 6) is 0.686. The van der Waals surface area contributed by atoms with Crippen molar-refractivity contribution in [2.24, 2.45) is 0 Å². The maximum Gasteiger partial charge on any atom is 0.255 e. The van der Waals surface area contributed by atoms with Crippen molar-refractivity contribution in [2.75, 3.05) is 29.9 Å². The standard InChI is InChI=1S/C31H32FN5O2/c32-26-10-4-6-23(20-26)13-17-34-29-27(30(38)35-22-24-7-5-16-33-21-24)11-12-28(36-29)37-18-14-31(39,15-19-37)25-8-2-1-3-9-25/h1-12,16,20-21,39H,13-15,17-19,22H2,(H,34,36)(H,35,38). The van der Waals surface area contributed by atoms with E-state index in [-0.39, 0.29) is 11.7 Å². The van der Waals surface area contributed by atoms with Crippen molar-refractivity contribution >= 4 is 17.5 Å². The third-order valence-corrected chi connectivity index (χ3v) is 7.12. The van der Waals surface area contributed by atoms with E-state index in [1.807, 2.05) is 54.6 Å². The number of aromatic nitrogens is 2. The molecule has 4 aromatic rings. The van der Waals surface area contributed by atoms with Gasteiger partial charge in [-0.25, -0.2) is 9.37 Å². The van der Waals surface area contributed by atoms with Crippen LogP contribution in [-0.2, 0) is 18.6 Å². The summed E-state index contributed by atoms with van der Waals surface area (Å²) in [7, 11) is 0. The first-order valence-electron chi connectivity index (χ1n) is 13.2. The van der Waals surface area contributed by atoms with E-state index in [1.165, 1.54) is 12.1 Å². The largest absolute Gasteiger partial charge is 0.385 e. The highest BCUT2D eigenvalue weighted by Crippen LogP contribution is 2.34. The Labute approximate surface area is 227 Å². The van der Waals surface area contributed by atoms with Crippen LogP contribution < -0.4 is 15.5 Å². The smallest absolute Gasteiger partial charge is 0.255 e. The number of hydrogen-bond donors (Lipinski definition) is 3. The van der Waals surface area contributed by atoms with Gasteiger partial charge < -0.3 is 20.6 Å². The summed E-state index contributed by atoms with van der Waals surface area (Å²) >= 11 is 0. The number of halogens is 1. The lowest BCUT2D eigenvalue weighted by molar-refractivity contribution is 0.0116. The summed E-state index contributed by atoms with van der Waals surface area (Å²) in [5, 5.41) is 17.5. The first-order chi connectivity index (χ1) is 19.0. The van der Waals surface area contributed by atoms with Crippen molar-refractivity contribution in [3.05, 3.63) is 119 Å². The normalized spacial score (nSPS) is 14.6. The van der Waals surface area contributed by atoms with E-state index < -0.39 is 5.60 Å². The van der Waals surface area contributed by atoms with Gasteiger partial charge in [0, 0.05) is 38.6 Å².